The quantitative estimate of drug-likeness (QED) is 0.631. The Morgan fingerprint density at radius 1 is 1.10 bits per heavy atom. The van der Waals surface area contributed by atoms with Crippen molar-refractivity contribution in [2.45, 2.75) is 38.5 Å². The first-order chi connectivity index (χ1) is 14.6. The number of methoxy groups -OCH3 is 1. The van der Waals surface area contributed by atoms with Crippen molar-refractivity contribution in [2.24, 2.45) is 5.41 Å². The highest BCUT2D eigenvalue weighted by molar-refractivity contribution is 7.93. The molecule has 0 bridgehead atoms. The molecule has 0 N–H and O–H groups in total. The summed E-state index contributed by atoms with van der Waals surface area (Å²) in [5.74, 6) is -0.867. The van der Waals surface area contributed by atoms with Gasteiger partial charge in [0.2, 0.25) is 0 Å². The van der Waals surface area contributed by atoms with Gasteiger partial charge in [0, 0.05) is 12.0 Å². The van der Waals surface area contributed by atoms with E-state index in [2.05, 4.69) is 0 Å². The number of ether oxygens (including phenoxy) is 2. The third-order valence-corrected chi connectivity index (χ3v) is 7.04. The van der Waals surface area contributed by atoms with Crippen LogP contribution in [0.2, 0.25) is 0 Å². The van der Waals surface area contributed by atoms with Gasteiger partial charge in [0.05, 0.1) is 18.4 Å². The van der Waals surface area contributed by atoms with Crippen LogP contribution in [0.1, 0.15) is 43.1 Å². The van der Waals surface area contributed by atoms with Gasteiger partial charge in [-0.05, 0) is 42.7 Å². The van der Waals surface area contributed by atoms with Gasteiger partial charge in [-0.2, -0.15) is 0 Å². The zero-order chi connectivity index (χ0) is 22.8. The summed E-state index contributed by atoms with van der Waals surface area (Å²) >= 11 is 0. The number of carbonyl (C=O) groups excluding carboxylic acids is 2. The Morgan fingerprint density at radius 3 is 2.48 bits per heavy atom. The number of hydrogen-bond acceptors (Lipinski definition) is 6. The SMILES string of the molecule is COc1ccc(C(=O)OCC(=O)C(C)(C)C)cc1S(=O)(=O)N1CCCc2ccccc21. The van der Waals surface area contributed by atoms with Gasteiger partial charge in [0.25, 0.3) is 10.0 Å². The average Bonchev–Trinajstić information content (AvgIpc) is 2.75. The van der Waals surface area contributed by atoms with Crippen molar-refractivity contribution >= 4 is 27.5 Å². The first-order valence-corrected chi connectivity index (χ1v) is 11.5. The standard InChI is InChI=1S/C23H27NO6S/c1-23(2,3)21(25)15-30-22(26)17-11-12-19(29-4)20(14-17)31(27,28)24-13-7-9-16-8-5-6-10-18(16)24/h5-6,8,10-12,14H,7,9,13,15H2,1-4H3. The van der Waals surface area contributed by atoms with Crippen LogP contribution in [0.4, 0.5) is 5.69 Å². The molecule has 2 aromatic carbocycles. The predicted octanol–water partition coefficient (Wildman–Crippen LogP) is 3.61. The summed E-state index contributed by atoms with van der Waals surface area (Å²) in [6.07, 6.45) is 1.49. The Bertz CT molecular complexity index is 1100. The largest absolute Gasteiger partial charge is 0.495 e. The minimum Gasteiger partial charge on any atom is -0.495 e. The molecule has 3 rings (SSSR count). The Balaban J connectivity index is 1.94. The third kappa shape index (κ3) is 4.74. The zero-order valence-electron chi connectivity index (χ0n) is 18.2. The molecular weight excluding hydrogens is 418 g/mol. The van der Waals surface area contributed by atoms with E-state index in [4.69, 9.17) is 9.47 Å². The molecule has 0 spiro atoms. The van der Waals surface area contributed by atoms with Crippen LogP contribution in [0.25, 0.3) is 0 Å². The molecule has 0 saturated heterocycles. The van der Waals surface area contributed by atoms with Gasteiger partial charge in [-0.1, -0.05) is 39.0 Å². The van der Waals surface area contributed by atoms with Crippen LogP contribution in [-0.2, 0) is 26.0 Å². The summed E-state index contributed by atoms with van der Waals surface area (Å²) in [5, 5.41) is 0. The molecule has 0 aliphatic carbocycles. The summed E-state index contributed by atoms with van der Waals surface area (Å²) in [7, 11) is -2.62. The number of carbonyl (C=O) groups is 2. The smallest absolute Gasteiger partial charge is 0.338 e. The number of nitrogens with zero attached hydrogens (tertiary/aromatic N) is 1. The van der Waals surface area contributed by atoms with Gasteiger partial charge in [-0.15, -0.1) is 0 Å². The van der Waals surface area contributed by atoms with Crippen molar-refractivity contribution in [3.8, 4) is 5.75 Å². The number of benzene rings is 2. The molecule has 0 saturated carbocycles. The van der Waals surface area contributed by atoms with Gasteiger partial charge >= 0.3 is 5.97 Å². The highest BCUT2D eigenvalue weighted by Gasteiger charge is 2.32. The number of aryl methyl sites for hydroxylation is 1. The van der Waals surface area contributed by atoms with Gasteiger partial charge in [-0.3, -0.25) is 9.10 Å². The Labute approximate surface area is 183 Å². The molecule has 31 heavy (non-hydrogen) atoms. The molecule has 1 aliphatic heterocycles. The first kappa shape index (κ1) is 22.8. The molecule has 8 heteroatoms. The lowest BCUT2D eigenvalue weighted by molar-refractivity contribution is -0.129. The van der Waals surface area contributed by atoms with Crippen molar-refractivity contribution < 1.29 is 27.5 Å². The maximum absolute atomic E-state index is 13.5. The van der Waals surface area contributed by atoms with E-state index in [0.717, 1.165) is 12.0 Å². The summed E-state index contributed by atoms with van der Waals surface area (Å²) in [6, 6.07) is 11.4. The van der Waals surface area contributed by atoms with E-state index in [9.17, 15) is 18.0 Å². The molecule has 0 fully saturated rings. The zero-order valence-corrected chi connectivity index (χ0v) is 19.0. The predicted molar refractivity (Wildman–Crippen MR) is 117 cm³/mol. The van der Waals surface area contributed by atoms with E-state index in [1.54, 1.807) is 32.9 Å². The fourth-order valence-corrected chi connectivity index (χ4v) is 5.03. The second kappa shape index (κ2) is 8.70. The average molecular weight is 446 g/mol. The minimum absolute atomic E-state index is 0.0337. The van der Waals surface area contributed by atoms with Crippen LogP contribution in [0, 0.1) is 5.41 Å². The lowest BCUT2D eigenvalue weighted by Gasteiger charge is -2.31. The fraction of sp³-hybridized carbons (Fsp3) is 0.391. The molecule has 166 valence electrons. The monoisotopic (exact) mass is 445 g/mol. The van der Waals surface area contributed by atoms with Crippen molar-refractivity contribution in [3.05, 3.63) is 53.6 Å². The van der Waals surface area contributed by atoms with E-state index in [1.165, 1.54) is 29.6 Å². The number of esters is 1. The molecule has 0 amide bonds. The molecule has 0 aromatic heterocycles. The summed E-state index contributed by atoms with van der Waals surface area (Å²) < 4.78 is 38.8. The van der Waals surface area contributed by atoms with Crippen LogP contribution >= 0.6 is 0 Å². The molecule has 0 unspecified atom stereocenters. The fourth-order valence-electron chi connectivity index (χ4n) is 3.30. The maximum Gasteiger partial charge on any atom is 0.338 e. The van der Waals surface area contributed by atoms with Crippen LogP contribution in [0.15, 0.2) is 47.4 Å². The molecule has 0 atom stereocenters. The highest BCUT2D eigenvalue weighted by atomic mass is 32.2. The normalized spacial score (nSPS) is 14.0. The van der Waals surface area contributed by atoms with Crippen molar-refractivity contribution in [1.29, 1.82) is 0 Å². The van der Waals surface area contributed by atoms with Crippen LogP contribution in [0.3, 0.4) is 0 Å². The van der Waals surface area contributed by atoms with Gasteiger partial charge < -0.3 is 9.47 Å². The van der Waals surface area contributed by atoms with Crippen LogP contribution in [-0.4, -0.2) is 40.4 Å². The molecule has 1 aliphatic rings. The molecule has 0 radical (unpaired) electrons. The number of hydrogen-bond donors (Lipinski definition) is 0. The van der Waals surface area contributed by atoms with Crippen molar-refractivity contribution in [2.75, 3.05) is 24.6 Å². The summed E-state index contributed by atoms with van der Waals surface area (Å²) in [5.41, 5.74) is 0.967. The van der Waals surface area contributed by atoms with E-state index >= 15 is 0 Å². The number of fused-ring (bicyclic) bond motifs is 1. The highest BCUT2D eigenvalue weighted by Crippen LogP contribution is 2.35. The molecule has 2 aromatic rings. The van der Waals surface area contributed by atoms with Crippen molar-refractivity contribution in [1.82, 2.24) is 0 Å². The molecule has 1 heterocycles. The number of Topliss-reactive ketones (excluding diaryl/α,β-unsaturated/α-hetero) is 1. The Kier molecular flexibility index (Phi) is 6.40. The summed E-state index contributed by atoms with van der Waals surface area (Å²) in [4.78, 5) is 24.4. The number of para-hydroxylation sites is 1. The van der Waals surface area contributed by atoms with Gasteiger partial charge in [0.15, 0.2) is 12.4 Å². The maximum atomic E-state index is 13.5. The first-order valence-electron chi connectivity index (χ1n) is 10.0. The van der Waals surface area contributed by atoms with E-state index in [1.807, 2.05) is 12.1 Å². The topological polar surface area (TPSA) is 90.0 Å². The number of anilines is 1. The van der Waals surface area contributed by atoms with Gasteiger partial charge in [-0.25, -0.2) is 13.2 Å². The second-order valence-electron chi connectivity index (χ2n) is 8.42. The summed E-state index contributed by atoms with van der Waals surface area (Å²) in [6.45, 7) is 5.15. The van der Waals surface area contributed by atoms with E-state index < -0.39 is 21.4 Å². The Morgan fingerprint density at radius 2 is 1.81 bits per heavy atom. The number of sulfonamides is 1. The van der Waals surface area contributed by atoms with Crippen LogP contribution in [0.5, 0.6) is 5.75 Å². The van der Waals surface area contributed by atoms with Crippen molar-refractivity contribution in [3.63, 3.8) is 0 Å². The van der Waals surface area contributed by atoms with E-state index in [-0.39, 0.29) is 28.6 Å². The third-order valence-electron chi connectivity index (χ3n) is 5.21. The number of rotatable bonds is 6. The molecular formula is C23H27NO6S. The lowest BCUT2D eigenvalue weighted by atomic mass is 9.91. The molecule has 7 nitrogen and oxygen atoms in total. The minimum atomic E-state index is -4.00. The Hall–Kier alpha value is -2.87. The van der Waals surface area contributed by atoms with Crippen LogP contribution < -0.4 is 9.04 Å². The number of ketones is 1. The second-order valence-corrected chi connectivity index (χ2v) is 10.3. The lowest BCUT2D eigenvalue weighted by Crippen LogP contribution is -2.35. The van der Waals surface area contributed by atoms with Gasteiger partial charge in [0.1, 0.15) is 10.6 Å². The van der Waals surface area contributed by atoms with E-state index in [0.29, 0.717) is 18.7 Å².